The van der Waals surface area contributed by atoms with Gasteiger partial charge in [-0.3, -0.25) is 4.79 Å². The molecule has 0 fully saturated rings. The molecule has 0 aromatic carbocycles. The van der Waals surface area contributed by atoms with Crippen molar-refractivity contribution < 1.29 is 4.79 Å². The fourth-order valence-electron chi connectivity index (χ4n) is 1.36. The van der Waals surface area contributed by atoms with Crippen LogP contribution in [-0.2, 0) is 4.79 Å². The summed E-state index contributed by atoms with van der Waals surface area (Å²) in [5.41, 5.74) is 0. The molecule has 92 valence electrons. The van der Waals surface area contributed by atoms with Crippen LogP contribution >= 0.6 is 12.2 Å². The molecule has 0 saturated heterocycles. The highest BCUT2D eigenvalue weighted by atomic mass is 32.1. The van der Waals surface area contributed by atoms with Crippen molar-refractivity contribution in [2.45, 2.75) is 46.7 Å². The summed E-state index contributed by atoms with van der Waals surface area (Å²) in [6.07, 6.45) is 3.76. The van der Waals surface area contributed by atoms with Crippen LogP contribution in [0.4, 0.5) is 0 Å². The number of rotatable bonds is 4. The van der Waals surface area contributed by atoms with Gasteiger partial charge in [0.2, 0.25) is 5.91 Å². The van der Waals surface area contributed by atoms with E-state index >= 15 is 0 Å². The Labute approximate surface area is 104 Å². The van der Waals surface area contributed by atoms with E-state index in [9.17, 15) is 4.79 Å². The van der Waals surface area contributed by atoms with Gasteiger partial charge in [-0.2, -0.15) is 0 Å². The van der Waals surface area contributed by atoms with Crippen LogP contribution in [-0.4, -0.2) is 39.8 Å². The van der Waals surface area contributed by atoms with Gasteiger partial charge in [0.1, 0.15) is 4.99 Å². The average molecular weight is 242 g/mol. The van der Waals surface area contributed by atoms with Crippen molar-refractivity contribution in [3.8, 4) is 0 Å². The van der Waals surface area contributed by atoms with Crippen molar-refractivity contribution in [1.29, 1.82) is 0 Å². The van der Waals surface area contributed by atoms with Gasteiger partial charge in [-0.15, -0.1) is 0 Å². The molecule has 0 radical (unpaired) electrons. The number of amides is 1. The monoisotopic (exact) mass is 242 g/mol. The van der Waals surface area contributed by atoms with E-state index in [1.165, 1.54) is 11.8 Å². The maximum atomic E-state index is 11.1. The topological polar surface area (TPSA) is 23.6 Å². The van der Waals surface area contributed by atoms with Crippen molar-refractivity contribution in [1.82, 2.24) is 9.80 Å². The summed E-state index contributed by atoms with van der Waals surface area (Å²) in [6, 6.07) is 0.836. The van der Waals surface area contributed by atoms with Crippen LogP contribution in [0.25, 0.3) is 0 Å². The fourth-order valence-corrected chi connectivity index (χ4v) is 1.55. The molecule has 0 aromatic heterocycles. The van der Waals surface area contributed by atoms with Crippen molar-refractivity contribution in [2.75, 3.05) is 7.05 Å². The molecule has 0 heterocycles. The van der Waals surface area contributed by atoms with Gasteiger partial charge >= 0.3 is 0 Å². The van der Waals surface area contributed by atoms with Crippen LogP contribution in [0, 0.1) is 0 Å². The number of hydrogen-bond acceptors (Lipinski definition) is 3. The predicted octanol–water partition coefficient (Wildman–Crippen LogP) is 2.42. The minimum Gasteiger partial charge on any atom is -0.372 e. The minimum absolute atomic E-state index is 0.0460. The van der Waals surface area contributed by atoms with Gasteiger partial charge in [0.25, 0.3) is 0 Å². The lowest BCUT2D eigenvalue weighted by Crippen LogP contribution is -2.33. The van der Waals surface area contributed by atoms with Gasteiger partial charge in [0.05, 0.1) is 0 Å². The van der Waals surface area contributed by atoms with Gasteiger partial charge in [0.15, 0.2) is 0 Å². The lowest BCUT2D eigenvalue weighted by atomic mass is 10.2. The lowest BCUT2D eigenvalue weighted by molar-refractivity contribution is -0.124. The van der Waals surface area contributed by atoms with E-state index in [1.807, 2.05) is 6.20 Å². The Bertz CT molecular complexity index is 277. The van der Waals surface area contributed by atoms with Crippen LogP contribution in [0.3, 0.4) is 0 Å². The standard InChI is InChI=1S/C12H22N2OS/c1-9(2)14(10(3)4)8-7-12(16)13(6)11(5)15/h7-10H,1-6H3/b8-7+. The summed E-state index contributed by atoms with van der Waals surface area (Å²) >= 11 is 5.14. The van der Waals surface area contributed by atoms with Crippen molar-refractivity contribution >= 4 is 23.1 Å². The molecule has 0 N–H and O–H groups in total. The first-order valence-corrected chi connectivity index (χ1v) is 5.92. The molecule has 0 aliphatic heterocycles. The van der Waals surface area contributed by atoms with Gasteiger partial charge in [-0.05, 0) is 33.8 Å². The zero-order chi connectivity index (χ0) is 12.9. The Balaban J connectivity index is 4.57. The summed E-state index contributed by atoms with van der Waals surface area (Å²) in [7, 11) is 1.68. The Morgan fingerprint density at radius 1 is 1.19 bits per heavy atom. The van der Waals surface area contributed by atoms with Crippen LogP contribution in [0.15, 0.2) is 12.3 Å². The Morgan fingerprint density at radius 3 is 1.94 bits per heavy atom. The van der Waals surface area contributed by atoms with E-state index in [0.29, 0.717) is 17.1 Å². The molecule has 0 aliphatic carbocycles. The van der Waals surface area contributed by atoms with Gasteiger partial charge in [0, 0.05) is 32.3 Å². The van der Waals surface area contributed by atoms with Crippen LogP contribution in [0.1, 0.15) is 34.6 Å². The fraction of sp³-hybridized carbons (Fsp3) is 0.667. The molecular formula is C12H22N2OS. The first-order valence-electron chi connectivity index (χ1n) is 5.51. The Morgan fingerprint density at radius 2 is 1.62 bits per heavy atom. The smallest absolute Gasteiger partial charge is 0.224 e. The highest BCUT2D eigenvalue weighted by molar-refractivity contribution is 7.80. The molecule has 4 heteroatoms. The second-order valence-electron chi connectivity index (χ2n) is 4.37. The second-order valence-corrected chi connectivity index (χ2v) is 4.78. The number of thiocarbonyl (C=S) groups is 1. The zero-order valence-corrected chi connectivity index (χ0v) is 11.8. The molecule has 0 spiro atoms. The Hall–Kier alpha value is -0.900. The molecule has 0 aliphatic rings. The number of carbonyl (C=O) groups is 1. The van der Waals surface area contributed by atoms with E-state index in [4.69, 9.17) is 12.2 Å². The SMILES string of the molecule is CC(=O)N(C)C(=S)/C=C/N(C(C)C)C(C)C. The minimum atomic E-state index is -0.0460. The van der Waals surface area contributed by atoms with Crippen molar-refractivity contribution in [3.05, 3.63) is 12.3 Å². The van der Waals surface area contributed by atoms with Crippen LogP contribution in [0.2, 0.25) is 0 Å². The second kappa shape index (κ2) is 6.63. The van der Waals surface area contributed by atoms with Crippen molar-refractivity contribution in [2.24, 2.45) is 0 Å². The summed E-state index contributed by atoms with van der Waals surface area (Å²) in [6.45, 7) is 10.0. The summed E-state index contributed by atoms with van der Waals surface area (Å²) in [5.74, 6) is -0.0460. The third-order valence-electron chi connectivity index (χ3n) is 2.38. The van der Waals surface area contributed by atoms with Gasteiger partial charge < -0.3 is 9.80 Å². The largest absolute Gasteiger partial charge is 0.372 e. The molecule has 0 saturated carbocycles. The van der Waals surface area contributed by atoms with Crippen molar-refractivity contribution in [3.63, 3.8) is 0 Å². The molecule has 0 atom stereocenters. The average Bonchev–Trinajstić information content (AvgIpc) is 2.15. The van der Waals surface area contributed by atoms with Crippen LogP contribution in [0.5, 0.6) is 0 Å². The summed E-state index contributed by atoms with van der Waals surface area (Å²) in [4.78, 5) is 15.3. The van der Waals surface area contributed by atoms with E-state index in [0.717, 1.165) is 0 Å². The maximum Gasteiger partial charge on any atom is 0.224 e. The molecule has 3 nitrogen and oxygen atoms in total. The number of likely N-dealkylation sites (N-methyl/N-ethyl adjacent to an activating group) is 1. The molecule has 0 rings (SSSR count). The van der Waals surface area contributed by atoms with E-state index in [2.05, 4.69) is 32.6 Å². The molecule has 16 heavy (non-hydrogen) atoms. The number of hydrogen-bond donors (Lipinski definition) is 0. The highest BCUT2D eigenvalue weighted by Crippen LogP contribution is 2.06. The Kier molecular flexibility index (Phi) is 6.26. The third kappa shape index (κ3) is 4.75. The molecular weight excluding hydrogens is 220 g/mol. The van der Waals surface area contributed by atoms with E-state index in [1.54, 1.807) is 13.1 Å². The van der Waals surface area contributed by atoms with Gasteiger partial charge in [-0.1, -0.05) is 12.2 Å². The quantitative estimate of drug-likeness (QED) is 0.559. The van der Waals surface area contributed by atoms with Crippen LogP contribution < -0.4 is 0 Å². The maximum absolute atomic E-state index is 11.1. The number of nitrogens with zero attached hydrogens (tertiary/aromatic N) is 2. The summed E-state index contributed by atoms with van der Waals surface area (Å²) < 4.78 is 0. The third-order valence-corrected chi connectivity index (χ3v) is 2.79. The zero-order valence-electron chi connectivity index (χ0n) is 11.0. The lowest BCUT2D eigenvalue weighted by Gasteiger charge is -2.29. The summed E-state index contributed by atoms with van der Waals surface area (Å²) in [5, 5.41) is 0. The predicted molar refractivity (Wildman–Crippen MR) is 72.3 cm³/mol. The molecule has 0 unspecified atom stereocenters. The molecule has 0 aromatic rings. The first kappa shape index (κ1) is 15.1. The van der Waals surface area contributed by atoms with E-state index in [-0.39, 0.29) is 5.91 Å². The van der Waals surface area contributed by atoms with E-state index < -0.39 is 0 Å². The molecule has 0 bridgehead atoms. The van der Waals surface area contributed by atoms with Gasteiger partial charge in [-0.25, -0.2) is 0 Å². The highest BCUT2D eigenvalue weighted by Gasteiger charge is 2.09. The first-order chi connectivity index (χ1) is 7.27. The number of carbonyl (C=O) groups excluding carboxylic acids is 1. The normalized spacial score (nSPS) is 11.2. The molecule has 1 amide bonds.